The summed E-state index contributed by atoms with van der Waals surface area (Å²) in [6.45, 7) is 7.30. The highest BCUT2D eigenvalue weighted by Gasteiger charge is 2.44. The largest absolute Gasteiger partial charge is 0.391 e. The van der Waals surface area contributed by atoms with E-state index in [9.17, 15) is 5.11 Å². The van der Waals surface area contributed by atoms with E-state index in [-0.39, 0.29) is 17.7 Å². The van der Waals surface area contributed by atoms with Crippen LogP contribution in [0.1, 0.15) is 73.3 Å². The Morgan fingerprint density at radius 1 is 1.28 bits per heavy atom. The number of aryl methyl sites for hydroxylation is 1. The fraction of sp³-hybridized carbons (Fsp3) is 0.680. The van der Waals surface area contributed by atoms with Gasteiger partial charge in [0, 0.05) is 53.3 Å². The molecule has 0 unspecified atom stereocenters. The average Bonchev–Trinajstić information content (AvgIpc) is 3.24. The third kappa shape index (κ3) is 4.45. The number of nitrogens with one attached hydrogen (secondary N) is 1. The lowest BCUT2D eigenvalue weighted by molar-refractivity contribution is -0.112. The van der Waals surface area contributed by atoms with Crippen LogP contribution in [0.3, 0.4) is 0 Å². The Hall–Kier alpha value is -1.54. The molecule has 2 aliphatic heterocycles. The molecule has 32 heavy (non-hydrogen) atoms. The molecule has 5 rings (SSSR count). The van der Waals surface area contributed by atoms with Gasteiger partial charge in [0.2, 0.25) is 5.95 Å². The highest BCUT2D eigenvalue weighted by atomic mass is 32.1. The van der Waals surface area contributed by atoms with Crippen molar-refractivity contribution in [3.8, 4) is 0 Å². The summed E-state index contributed by atoms with van der Waals surface area (Å²) in [5, 5.41) is 13.5. The van der Waals surface area contributed by atoms with Crippen LogP contribution in [0.25, 0.3) is 0 Å². The second kappa shape index (κ2) is 9.37. The van der Waals surface area contributed by atoms with Gasteiger partial charge in [-0.25, -0.2) is 9.97 Å². The zero-order chi connectivity index (χ0) is 22.1. The minimum Gasteiger partial charge on any atom is -0.391 e. The maximum atomic E-state index is 10.2. The number of fused-ring (bicyclic) bond motifs is 2. The van der Waals surface area contributed by atoms with E-state index in [1.54, 1.807) is 4.88 Å². The van der Waals surface area contributed by atoms with E-state index < -0.39 is 0 Å². The van der Waals surface area contributed by atoms with Gasteiger partial charge >= 0.3 is 0 Å². The standard InChI is InChI=1S/C25H36N4O2S/c1-3-19-12-20-23(32-19)8-11-31-25(20)9-10-29(17(2)13-25)16-18-14-26-24(27-15-18)28-21-6-4-5-7-22(21)30/h12,14-15,17,21-22,30H,3-11,13,16H2,1-2H3,(H,26,27,28)/t17-,21-,22-,25+/m0/s1. The first-order valence-electron chi connectivity index (χ1n) is 12.3. The van der Waals surface area contributed by atoms with Gasteiger partial charge in [0.1, 0.15) is 0 Å². The first-order chi connectivity index (χ1) is 15.6. The smallest absolute Gasteiger partial charge is 0.222 e. The Labute approximate surface area is 195 Å². The number of rotatable bonds is 5. The predicted octanol–water partition coefficient (Wildman–Crippen LogP) is 4.27. The maximum absolute atomic E-state index is 10.2. The van der Waals surface area contributed by atoms with E-state index in [1.165, 1.54) is 10.4 Å². The fourth-order valence-electron chi connectivity index (χ4n) is 5.70. The third-order valence-electron chi connectivity index (χ3n) is 7.59. The summed E-state index contributed by atoms with van der Waals surface area (Å²) >= 11 is 1.99. The van der Waals surface area contributed by atoms with Crippen molar-refractivity contribution in [3.05, 3.63) is 39.3 Å². The molecular weight excluding hydrogens is 420 g/mol. The molecule has 0 amide bonds. The quantitative estimate of drug-likeness (QED) is 0.700. The number of likely N-dealkylation sites (tertiary alicyclic amines) is 1. The zero-order valence-electron chi connectivity index (χ0n) is 19.3. The topological polar surface area (TPSA) is 70.5 Å². The number of aliphatic hydroxyl groups is 1. The molecule has 1 aliphatic carbocycles. The molecule has 2 aromatic heterocycles. The molecule has 0 radical (unpaired) electrons. The molecule has 7 heteroatoms. The molecule has 4 heterocycles. The number of aromatic nitrogens is 2. The summed E-state index contributed by atoms with van der Waals surface area (Å²) in [4.78, 5) is 14.7. The minimum atomic E-state index is -0.298. The van der Waals surface area contributed by atoms with E-state index in [4.69, 9.17) is 4.74 Å². The third-order valence-corrected chi connectivity index (χ3v) is 8.93. The molecule has 174 valence electrons. The second-order valence-electron chi connectivity index (χ2n) is 9.79. The Morgan fingerprint density at radius 3 is 2.84 bits per heavy atom. The van der Waals surface area contributed by atoms with E-state index in [0.717, 1.165) is 76.6 Å². The number of hydrogen-bond acceptors (Lipinski definition) is 7. The van der Waals surface area contributed by atoms with Crippen LogP contribution >= 0.6 is 11.3 Å². The summed E-state index contributed by atoms with van der Waals surface area (Å²) in [5.41, 5.74) is 2.51. The van der Waals surface area contributed by atoms with Gasteiger partial charge in [0.15, 0.2) is 0 Å². The van der Waals surface area contributed by atoms with E-state index in [0.29, 0.717) is 12.0 Å². The highest BCUT2D eigenvalue weighted by molar-refractivity contribution is 7.12. The van der Waals surface area contributed by atoms with Crippen LogP contribution < -0.4 is 5.32 Å². The van der Waals surface area contributed by atoms with Gasteiger partial charge in [0.05, 0.1) is 24.4 Å². The first kappa shape index (κ1) is 22.3. The molecule has 4 atom stereocenters. The SMILES string of the molecule is CCc1cc2c(s1)CCO[C@@]21CCN(Cc2cnc(N[C@H]3CCCC[C@@H]3O)nc2)[C@@H](C)C1. The minimum absolute atomic E-state index is 0.0682. The van der Waals surface area contributed by atoms with Crippen LogP contribution in [0.2, 0.25) is 0 Å². The van der Waals surface area contributed by atoms with Crippen molar-refractivity contribution in [2.24, 2.45) is 0 Å². The number of ether oxygens (including phenoxy) is 1. The Morgan fingerprint density at radius 2 is 2.09 bits per heavy atom. The summed E-state index contributed by atoms with van der Waals surface area (Å²) in [6, 6.07) is 2.93. The van der Waals surface area contributed by atoms with Crippen molar-refractivity contribution in [2.45, 2.75) is 95.5 Å². The summed E-state index contributed by atoms with van der Waals surface area (Å²) in [6.07, 6.45) is 11.9. The molecule has 6 nitrogen and oxygen atoms in total. The summed E-state index contributed by atoms with van der Waals surface area (Å²) in [7, 11) is 0. The number of hydrogen-bond donors (Lipinski definition) is 2. The number of piperidine rings is 1. The van der Waals surface area contributed by atoms with Gasteiger partial charge in [0.25, 0.3) is 0 Å². The Bertz CT molecular complexity index is 917. The first-order valence-corrected chi connectivity index (χ1v) is 13.1. The fourth-order valence-corrected chi connectivity index (χ4v) is 6.88. The number of aliphatic hydroxyl groups excluding tert-OH is 1. The van der Waals surface area contributed by atoms with Gasteiger partial charge in [-0.05, 0) is 50.7 Å². The van der Waals surface area contributed by atoms with Crippen LogP contribution in [0.15, 0.2) is 18.5 Å². The lowest BCUT2D eigenvalue weighted by Gasteiger charge is -2.47. The molecule has 1 saturated heterocycles. The van der Waals surface area contributed by atoms with Gasteiger partial charge in [-0.15, -0.1) is 11.3 Å². The maximum Gasteiger partial charge on any atom is 0.222 e. The van der Waals surface area contributed by atoms with E-state index >= 15 is 0 Å². The van der Waals surface area contributed by atoms with Crippen LogP contribution in [0.5, 0.6) is 0 Å². The van der Waals surface area contributed by atoms with Gasteiger partial charge < -0.3 is 15.2 Å². The van der Waals surface area contributed by atoms with Crippen molar-refractivity contribution in [3.63, 3.8) is 0 Å². The summed E-state index contributed by atoms with van der Waals surface area (Å²) in [5.74, 6) is 0.623. The molecule has 0 aromatic carbocycles. The average molecular weight is 457 g/mol. The van der Waals surface area contributed by atoms with Crippen molar-refractivity contribution in [1.29, 1.82) is 0 Å². The van der Waals surface area contributed by atoms with Crippen molar-refractivity contribution in [1.82, 2.24) is 14.9 Å². The molecule has 2 fully saturated rings. The van der Waals surface area contributed by atoms with Crippen molar-refractivity contribution in [2.75, 3.05) is 18.5 Å². The van der Waals surface area contributed by atoms with Gasteiger partial charge in [-0.3, -0.25) is 4.90 Å². The molecule has 3 aliphatic rings. The number of thiophene rings is 1. The van der Waals surface area contributed by atoms with E-state index in [2.05, 4.69) is 40.1 Å². The van der Waals surface area contributed by atoms with E-state index in [1.807, 2.05) is 23.7 Å². The molecule has 1 saturated carbocycles. The molecule has 2 N–H and O–H groups in total. The predicted molar refractivity (Wildman–Crippen MR) is 128 cm³/mol. The van der Waals surface area contributed by atoms with Crippen LogP contribution in [-0.2, 0) is 29.7 Å². The summed E-state index contributed by atoms with van der Waals surface area (Å²) < 4.78 is 6.48. The van der Waals surface area contributed by atoms with Crippen LogP contribution in [0.4, 0.5) is 5.95 Å². The van der Waals surface area contributed by atoms with Gasteiger partial charge in [-0.1, -0.05) is 19.8 Å². The molecule has 1 spiro atoms. The molecule has 0 bridgehead atoms. The molecular formula is C25H36N4O2S. The highest BCUT2D eigenvalue weighted by Crippen LogP contribution is 2.46. The number of anilines is 1. The van der Waals surface area contributed by atoms with Crippen LogP contribution in [0, 0.1) is 0 Å². The lowest BCUT2D eigenvalue weighted by Crippen LogP contribution is -2.50. The lowest BCUT2D eigenvalue weighted by atomic mass is 9.79. The Kier molecular flexibility index (Phi) is 6.52. The molecule has 2 aromatic rings. The Balaban J connectivity index is 1.21. The van der Waals surface area contributed by atoms with Crippen molar-refractivity contribution >= 4 is 17.3 Å². The van der Waals surface area contributed by atoms with Gasteiger partial charge in [-0.2, -0.15) is 0 Å². The number of nitrogens with zero attached hydrogens (tertiary/aromatic N) is 3. The second-order valence-corrected chi connectivity index (χ2v) is 11.0. The van der Waals surface area contributed by atoms with Crippen LogP contribution in [-0.4, -0.2) is 51.3 Å². The zero-order valence-corrected chi connectivity index (χ0v) is 20.2. The monoisotopic (exact) mass is 456 g/mol. The normalized spacial score (nSPS) is 30.9. The van der Waals surface area contributed by atoms with Crippen molar-refractivity contribution < 1.29 is 9.84 Å².